The Labute approximate surface area is 180 Å². The number of benzene rings is 1. The molecule has 2 N–H and O–H groups in total. The van der Waals surface area contributed by atoms with Gasteiger partial charge in [-0.1, -0.05) is 17.7 Å². The number of anilines is 1. The molecular weight excluding hydrogens is 460 g/mol. The van der Waals surface area contributed by atoms with Crippen LogP contribution in [0, 0.1) is 19.7 Å². The van der Waals surface area contributed by atoms with E-state index in [1.807, 2.05) is 0 Å². The van der Waals surface area contributed by atoms with Gasteiger partial charge in [0.1, 0.15) is 23.4 Å². The minimum absolute atomic E-state index is 0.0552. The minimum atomic E-state index is -4.60. The number of alkyl halides is 3. The van der Waals surface area contributed by atoms with Crippen LogP contribution in [0.1, 0.15) is 34.5 Å². The van der Waals surface area contributed by atoms with Gasteiger partial charge in [-0.15, -0.1) is 0 Å². The maximum absolute atomic E-state index is 13.7. The van der Waals surface area contributed by atoms with Crippen molar-refractivity contribution in [2.75, 3.05) is 11.6 Å². The SMILES string of the molecule is Cc1nc(C(F)(F)F)ccc1NC(c1ccc(F)c(Cl)c1)c1nc(C)c(S(C)(=O)=O)[nH]1. The highest BCUT2D eigenvalue weighted by Crippen LogP contribution is 2.33. The van der Waals surface area contributed by atoms with Crippen molar-refractivity contribution in [3.05, 3.63) is 69.6 Å². The number of hydrogen-bond donors (Lipinski definition) is 2. The number of pyridine rings is 1. The van der Waals surface area contributed by atoms with E-state index in [4.69, 9.17) is 11.6 Å². The second-order valence-corrected chi connectivity index (χ2v) is 9.25. The molecule has 2 aromatic heterocycles. The molecule has 0 aliphatic carbocycles. The van der Waals surface area contributed by atoms with Gasteiger partial charge in [-0.3, -0.25) is 0 Å². The number of sulfone groups is 1. The third kappa shape index (κ3) is 4.99. The zero-order chi connectivity index (χ0) is 23.1. The average molecular weight is 477 g/mol. The quantitative estimate of drug-likeness (QED) is 0.515. The molecule has 0 fully saturated rings. The third-order valence-electron chi connectivity index (χ3n) is 4.46. The van der Waals surface area contributed by atoms with Crippen LogP contribution in [0.15, 0.2) is 35.4 Å². The normalized spacial score (nSPS) is 13.3. The lowest BCUT2D eigenvalue weighted by Gasteiger charge is -2.20. The van der Waals surface area contributed by atoms with Crippen LogP contribution < -0.4 is 5.32 Å². The van der Waals surface area contributed by atoms with E-state index in [-0.39, 0.29) is 32.9 Å². The molecule has 6 nitrogen and oxygen atoms in total. The number of aromatic amines is 1. The summed E-state index contributed by atoms with van der Waals surface area (Å²) in [7, 11) is -3.62. The van der Waals surface area contributed by atoms with Gasteiger partial charge in [-0.05, 0) is 43.7 Å². The summed E-state index contributed by atoms with van der Waals surface area (Å²) in [5.74, 6) is -0.510. The molecule has 12 heteroatoms. The molecule has 1 aromatic carbocycles. The molecular formula is C19H17ClF4N4O2S. The molecule has 0 amide bonds. The van der Waals surface area contributed by atoms with Crippen LogP contribution >= 0.6 is 11.6 Å². The molecule has 0 bridgehead atoms. The Bertz CT molecular complexity index is 1240. The second kappa shape index (κ2) is 8.12. The smallest absolute Gasteiger partial charge is 0.370 e. The van der Waals surface area contributed by atoms with E-state index in [1.165, 1.54) is 32.0 Å². The number of aromatic nitrogens is 3. The number of H-pyrrole nitrogens is 1. The summed E-state index contributed by atoms with van der Waals surface area (Å²) in [5, 5.41) is 2.71. The summed E-state index contributed by atoms with van der Waals surface area (Å²) in [4.78, 5) is 10.6. The van der Waals surface area contributed by atoms with Gasteiger partial charge in [0.25, 0.3) is 0 Å². The lowest BCUT2D eigenvalue weighted by atomic mass is 10.1. The summed E-state index contributed by atoms with van der Waals surface area (Å²) < 4.78 is 76.4. The number of rotatable bonds is 5. The summed E-state index contributed by atoms with van der Waals surface area (Å²) >= 11 is 5.89. The van der Waals surface area contributed by atoms with Crippen molar-refractivity contribution in [3.63, 3.8) is 0 Å². The molecule has 3 rings (SSSR count). The minimum Gasteiger partial charge on any atom is -0.370 e. The highest BCUT2D eigenvalue weighted by Gasteiger charge is 2.33. The highest BCUT2D eigenvalue weighted by atomic mass is 35.5. The molecule has 0 saturated heterocycles. The van der Waals surface area contributed by atoms with Crippen LogP contribution in [0.25, 0.3) is 0 Å². The molecule has 0 spiro atoms. The summed E-state index contributed by atoms with van der Waals surface area (Å²) in [6.45, 7) is 2.89. The van der Waals surface area contributed by atoms with E-state index in [9.17, 15) is 26.0 Å². The molecule has 0 aliphatic rings. The molecule has 0 saturated carbocycles. The highest BCUT2D eigenvalue weighted by molar-refractivity contribution is 7.90. The van der Waals surface area contributed by atoms with Gasteiger partial charge in [0, 0.05) is 6.26 Å². The monoisotopic (exact) mass is 476 g/mol. The van der Waals surface area contributed by atoms with Gasteiger partial charge in [-0.25, -0.2) is 22.8 Å². The van der Waals surface area contributed by atoms with E-state index in [2.05, 4.69) is 20.3 Å². The van der Waals surface area contributed by atoms with Crippen LogP contribution in [0.5, 0.6) is 0 Å². The Morgan fingerprint density at radius 1 is 1.10 bits per heavy atom. The van der Waals surface area contributed by atoms with Crippen molar-refractivity contribution in [2.24, 2.45) is 0 Å². The van der Waals surface area contributed by atoms with Crippen molar-refractivity contribution in [2.45, 2.75) is 31.1 Å². The summed E-state index contributed by atoms with van der Waals surface area (Å²) in [5.41, 5.74) is -0.141. The Morgan fingerprint density at radius 3 is 2.29 bits per heavy atom. The van der Waals surface area contributed by atoms with Crippen LogP contribution in [0.3, 0.4) is 0 Å². The number of halogens is 5. The molecule has 0 radical (unpaired) electrons. The first kappa shape index (κ1) is 23.0. The third-order valence-corrected chi connectivity index (χ3v) is 5.88. The number of hydrogen-bond acceptors (Lipinski definition) is 5. The maximum Gasteiger partial charge on any atom is 0.433 e. The van der Waals surface area contributed by atoms with Gasteiger partial charge in [-0.2, -0.15) is 13.2 Å². The fourth-order valence-corrected chi connectivity index (χ4v) is 4.05. The van der Waals surface area contributed by atoms with Gasteiger partial charge < -0.3 is 10.3 Å². The predicted octanol–water partition coefficient (Wildman–Crippen LogP) is 4.84. The van der Waals surface area contributed by atoms with E-state index in [0.29, 0.717) is 5.56 Å². The largest absolute Gasteiger partial charge is 0.433 e. The molecule has 3 aromatic rings. The van der Waals surface area contributed by atoms with Crippen molar-refractivity contribution < 1.29 is 26.0 Å². The van der Waals surface area contributed by atoms with Crippen molar-refractivity contribution in [1.82, 2.24) is 15.0 Å². The predicted molar refractivity (Wildman–Crippen MR) is 107 cm³/mol. The molecule has 166 valence electrons. The zero-order valence-corrected chi connectivity index (χ0v) is 18.0. The van der Waals surface area contributed by atoms with E-state index in [0.717, 1.165) is 18.4 Å². The average Bonchev–Trinajstić information content (AvgIpc) is 3.04. The van der Waals surface area contributed by atoms with E-state index >= 15 is 0 Å². The number of nitrogens with zero attached hydrogens (tertiary/aromatic N) is 2. The number of aryl methyl sites for hydroxylation is 2. The maximum atomic E-state index is 13.7. The molecule has 1 unspecified atom stereocenters. The van der Waals surface area contributed by atoms with Gasteiger partial charge in [0.05, 0.1) is 22.1 Å². The summed E-state index contributed by atoms with van der Waals surface area (Å²) in [6.07, 6.45) is -3.59. The fraction of sp³-hybridized carbons (Fsp3) is 0.263. The van der Waals surface area contributed by atoms with Gasteiger partial charge in [0.2, 0.25) is 0 Å². The molecule has 31 heavy (non-hydrogen) atoms. The lowest BCUT2D eigenvalue weighted by molar-refractivity contribution is -0.141. The second-order valence-electron chi connectivity index (χ2n) is 6.89. The van der Waals surface area contributed by atoms with Crippen molar-refractivity contribution in [1.29, 1.82) is 0 Å². The topological polar surface area (TPSA) is 87.7 Å². The van der Waals surface area contributed by atoms with E-state index < -0.39 is 33.6 Å². The molecule has 1 atom stereocenters. The lowest BCUT2D eigenvalue weighted by Crippen LogP contribution is -2.17. The number of imidazole rings is 1. The Morgan fingerprint density at radius 2 is 1.77 bits per heavy atom. The van der Waals surface area contributed by atoms with Crippen LogP contribution in [0.4, 0.5) is 23.2 Å². The summed E-state index contributed by atoms with van der Waals surface area (Å²) in [6, 6.07) is 4.99. The zero-order valence-electron chi connectivity index (χ0n) is 16.5. The van der Waals surface area contributed by atoms with Crippen molar-refractivity contribution >= 4 is 27.1 Å². The van der Waals surface area contributed by atoms with Gasteiger partial charge >= 0.3 is 6.18 Å². The first-order valence-electron chi connectivity index (χ1n) is 8.80. The fourth-order valence-electron chi connectivity index (χ4n) is 2.99. The molecule has 2 heterocycles. The molecule has 0 aliphatic heterocycles. The first-order chi connectivity index (χ1) is 14.3. The van der Waals surface area contributed by atoms with Gasteiger partial charge in [0.15, 0.2) is 14.9 Å². The standard InChI is InChI=1S/C19H17ClF4N4O2S/c1-9-14(6-7-15(25-9)19(22,23)24)27-16(11-4-5-13(21)12(20)8-11)17-26-10(2)18(28-17)31(3,29)30/h4-8,16,27H,1-3H3,(H,26,28). The van der Waals surface area contributed by atoms with E-state index in [1.54, 1.807) is 0 Å². The van der Waals surface area contributed by atoms with Crippen LogP contribution in [-0.4, -0.2) is 29.6 Å². The van der Waals surface area contributed by atoms with Crippen LogP contribution in [-0.2, 0) is 16.0 Å². The number of nitrogens with one attached hydrogen (secondary N) is 2. The Hall–Kier alpha value is -2.66. The Kier molecular flexibility index (Phi) is 6.03. The van der Waals surface area contributed by atoms with Crippen LogP contribution in [0.2, 0.25) is 5.02 Å². The Balaban J connectivity index is 2.10. The van der Waals surface area contributed by atoms with Crippen molar-refractivity contribution in [3.8, 4) is 0 Å². The first-order valence-corrected chi connectivity index (χ1v) is 11.1.